The zero-order valence-electron chi connectivity index (χ0n) is 14.3. The van der Waals surface area contributed by atoms with Crippen LogP contribution in [0.25, 0.3) is 0 Å². The summed E-state index contributed by atoms with van der Waals surface area (Å²) < 4.78 is 13.2. The van der Waals surface area contributed by atoms with Gasteiger partial charge >= 0.3 is 5.97 Å². The van der Waals surface area contributed by atoms with Crippen LogP contribution in [-0.2, 0) is 22.4 Å². The Labute approximate surface area is 146 Å². The van der Waals surface area contributed by atoms with Gasteiger partial charge in [-0.1, -0.05) is 38.1 Å². The predicted octanol–water partition coefficient (Wildman–Crippen LogP) is 3.91. The highest BCUT2D eigenvalue weighted by molar-refractivity contribution is 5.92. The Morgan fingerprint density at radius 1 is 1.00 bits per heavy atom. The van der Waals surface area contributed by atoms with Crippen LogP contribution >= 0.6 is 0 Å². The molecule has 2 atom stereocenters. The molecule has 2 unspecified atom stereocenters. The van der Waals surface area contributed by atoms with Crippen LogP contribution in [0.15, 0.2) is 48.5 Å². The summed E-state index contributed by atoms with van der Waals surface area (Å²) in [6.45, 7) is 3.45. The number of rotatable bonds is 7. The van der Waals surface area contributed by atoms with Gasteiger partial charge in [-0.15, -0.1) is 0 Å². The third-order valence-electron chi connectivity index (χ3n) is 4.06. The van der Waals surface area contributed by atoms with Gasteiger partial charge in [-0.3, -0.25) is 9.59 Å². The van der Waals surface area contributed by atoms with E-state index in [0.717, 1.165) is 11.1 Å². The van der Waals surface area contributed by atoms with Crippen LogP contribution in [0.3, 0.4) is 0 Å². The average molecular weight is 343 g/mol. The summed E-state index contributed by atoms with van der Waals surface area (Å²) >= 11 is 0. The molecular formula is C20H22FNO3. The van der Waals surface area contributed by atoms with Crippen molar-refractivity contribution >= 4 is 17.6 Å². The largest absolute Gasteiger partial charge is 0.481 e. The van der Waals surface area contributed by atoms with Crippen LogP contribution in [0.4, 0.5) is 10.1 Å². The van der Waals surface area contributed by atoms with Crippen molar-refractivity contribution in [2.45, 2.75) is 26.7 Å². The van der Waals surface area contributed by atoms with Gasteiger partial charge in [-0.05, 0) is 48.2 Å². The fourth-order valence-corrected chi connectivity index (χ4v) is 2.54. The molecule has 1 amide bonds. The van der Waals surface area contributed by atoms with Crippen molar-refractivity contribution in [1.82, 2.24) is 0 Å². The van der Waals surface area contributed by atoms with Crippen LogP contribution < -0.4 is 5.32 Å². The quantitative estimate of drug-likeness (QED) is 0.801. The van der Waals surface area contributed by atoms with E-state index in [4.69, 9.17) is 5.11 Å². The van der Waals surface area contributed by atoms with E-state index in [1.165, 1.54) is 12.1 Å². The van der Waals surface area contributed by atoms with Gasteiger partial charge < -0.3 is 10.4 Å². The van der Waals surface area contributed by atoms with E-state index >= 15 is 0 Å². The Bertz CT molecular complexity index is 743. The van der Waals surface area contributed by atoms with E-state index in [-0.39, 0.29) is 17.6 Å². The molecule has 25 heavy (non-hydrogen) atoms. The molecule has 0 spiro atoms. The Kier molecular flexibility index (Phi) is 6.28. The zero-order chi connectivity index (χ0) is 18.4. The highest BCUT2D eigenvalue weighted by atomic mass is 19.1. The number of hydrogen-bond donors (Lipinski definition) is 2. The highest BCUT2D eigenvalue weighted by Crippen LogP contribution is 2.16. The first-order chi connectivity index (χ1) is 11.8. The predicted molar refractivity (Wildman–Crippen MR) is 94.8 cm³/mol. The number of amides is 1. The van der Waals surface area contributed by atoms with Gasteiger partial charge in [-0.25, -0.2) is 4.39 Å². The van der Waals surface area contributed by atoms with Gasteiger partial charge in [-0.2, -0.15) is 0 Å². The molecule has 2 aromatic carbocycles. The Balaban J connectivity index is 1.92. The first kappa shape index (κ1) is 18.6. The fraction of sp³-hybridized carbons (Fsp3) is 0.300. The second-order valence-corrected chi connectivity index (χ2v) is 6.36. The molecule has 0 aliphatic rings. The smallest absolute Gasteiger partial charge is 0.306 e. The minimum Gasteiger partial charge on any atom is -0.481 e. The molecule has 0 bridgehead atoms. The van der Waals surface area contributed by atoms with Crippen LogP contribution in [-0.4, -0.2) is 17.0 Å². The molecule has 0 aromatic heterocycles. The second kappa shape index (κ2) is 8.42. The molecule has 132 valence electrons. The Morgan fingerprint density at radius 2 is 1.64 bits per heavy atom. The molecule has 0 aliphatic heterocycles. The lowest BCUT2D eigenvalue weighted by Gasteiger charge is -2.13. The molecule has 2 N–H and O–H groups in total. The number of benzene rings is 2. The Hall–Kier alpha value is -2.69. The molecular weight excluding hydrogens is 321 g/mol. The van der Waals surface area contributed by atoms with Crippen molar-refractivity contribution in [1.29, 1.82) is 0 Å². The molecule has 0 saturated carbocycles. The third kappa shape index (κ3) is 5.71. The molecule has 2 rings (SSSR count). The van der Waals surface area contributed by atoms with Gasteiger partial charge in [0.2, 0.25) is 5.91 Å². The third-order valence-corrected chi connectivity index (χ3v) is 4.06. The molecule has 0 fully saturated rings. The monoisotopic (exact) mass is 343 g/mol. The summed E-state index contributed by atoms with van der Waals surface area (Å²) in [5.41, 5.74) is 2.34. The number of carboxylic acid groups (broad SMARTS) is 1. The van der Waals surface area contributed by atoms with Crippen LogP contribution in [0.1, 0.15) is 25.0 Å². The number of carbonyl (C=O) groups is 2. The van der Waals surface area contributed by atoms with Gasteiger partial charge in [0.1, 0.15) is 5.82 Å². The summed E-state index contributed by atoms with van der Waals surface area (Å²) in [7, 11) is 0. The van der Waals surface area contributed by atoms with E-state index < -0.39 is 11.9 Å². The minimum absolute atomic E-state index is 0.143. The standard InChI is InChI=1S/C20H22FNO3/c1-13(10-16-4-3-5-17(21)12-16)19(23)22-18-8-6-15(7-9-18)11-14(2)20(24)25/h3-9,12-14H,10-11H2,1-2H3,(H,22,23)(H,24,25). The number of carboxylic acids is 1. The number of carbonyl (C=O) groups excluding carboxylic acids is 1. The highest BCUT2D eigenvalue weighted by Gasteiger charge is 2.15. The van der Waals surface area contributed by atoms with E-state index in [0.29, 0.717) is 18.5 Å². The maximum Gasteiger partial charge on any atom is 0.306 e. The minimum atomic E-state index is -0.830. The van der Waals surface area contributed by atoms with Gasteiger partial charge in [0.15, 0.2) is 0 Å². The van der Waals surface area contributed by atoms with Crippen LogP contribution in [0.5, 0.6) is 0 Å². The van der Waals surface area contributed by atoms with Gasteiger partial charge in [0.05, 0.1) is 5.92 Å². The summed E-state index contributed by atoms with van der Waals surface area (Å²) in [4.78, 5) is 23.2. The summed E-state index contributed by atoms with van der Waals surface area (Å²) in [6, 6.07) is 13.4. The van der Waals surface area contributed by atoms with E-state index in [2.05, 4.69) is 5.32 Å². The van der Waals surface area contributed by atoms with Crippen LogP contribution in [0.2, 0.25) is 0 Å². The van der Waals surface area contributed by atoms with Gasteiger partial charge in [0.25, 0.3) is 0 Å². The van der Waals surface area contributed by atoms with Crippen molar-refractivity contribution in [3.05, 3.63) is 65.5 Å². The maximum atomic E-state index is 13.2. The van der Waals surface area contributed by atoms with Crippen LogP contribution in [0, 0.1) is 17.7 Å². The second-order valence-electron chi connectivity index (χ2n) is 6.36. The summed E-state index contributed by atoms with van der Waals surface area (Å²) in [6.07, 6.45) is 0.900. The molecule has 2 aromatic rings. The Morgan fingerprint density at radius 3 is 2.24 bits per heavy atom. The lowest BCUT2D eigenvalue weighted by Crippen LogP contribution is -2.22. The molecule has 0 aliphatic carbocycles. The zero-order valence-corrected chi connectivity index (χ0v) is 14.3. The fourth-order valence-electron chi connectivity index (χ4n) is 2.54. The summed E-state index contributed by atoms with van der Waals surface area (Å²) in [5.74, 6) is -2.03. The number of aliphatic carboxylic acids is 1. The molecule has 0 saturated heterocycles. The van der Waals surface area contributed by atoms with Crippen molar-refractivity contribution in [3.8, 4) is 0 Å². The van der Waals surface area contributed by atoms with E-state index in [1.807, 2.05) is 12.1 Å². The molecule has 0 heterocycles. The van der Waals surface area contributed by atoms with E-state index in [9.17, 15) is 14.0 Å². The summed E-state index contributed by atoms with van der Waals surface area (Å²) in [5, 5.41) is 11.8. The normalized spacial score (nSPS) is 13.1. The lowest BCUT2D eigenvalue weighted by molar-refractivity contribution is -0.141. The maximum absolute atomic E-state index is 13.2. The average Bonchev–Trinajstić information content (AvgIpc) is 2.56. The van der Waals surface area contributed by atoms with Crippen molar-refractivity contribution in [2.75, 3.05) is 5.32 Å². The van der Waals surface area contributed by atoms with E-state index in [1.54, 1.807) is 38.1 Å². The SMILES string of the molecule is CC(Cc1ccc(NC(=O)C(C)Cc2cccc(F)c2)cc1)C(=O)O. The number of nitrogens with one attached hydrogen (secondary N) is 1. The molecule has 4 nitrogen and oxygen atoms in total. The number of halogens is 1. The van der Waals surface area contributed by atoms with Gasteiger partial charge in [0, 0.05) is 11.6 Å². The van der Waals surface area contributed by atoms with Crippen molar-refractivity contribution in [3.63, 3.8) is 0 Å². The lowest BCUT2D eigenvalue weighted by atomic mass is 9.99. The first-order valence-electron chi connectivity index (χ1n) is 8.22. The first-order valence-corrected chi connectivity index (χ1v) is 8.22. The molecule has 0 radical (unpaired) electrons. The van der Waals surface area contributed by atoms with Crippen molar-refractivity contribution < 1.29 is 19.1 Å². The number of hydrogen-bond acceptors (Lipinski definition) is 2. The van der Waals surface area contributed by atoms with Crippen molar-refractivity contribution in [2.24, 2.45) is 11.8 Å². The number of anilines is 1. The topological polar surface area (TPSA) is 66.4 Å². The molecule has 5 heteroatoms.